The molecule has 2 aromatic carbocycles. The van der Waals surface area contributed by atoms with Crippen LogP contribution >= 0.6 is 0 Å². The number of piperazine rings is 1. The lowest BCUT2D eigenvalue weighted by Crippen LogP contribution is -2.61. The Morgan fingerprint density at radius 2 is 1.91 bits per heavy atom. The molecule has 0 saturated carbocycles. The lowest BCUT2D eigenvalue weighted by Gasteiger charge is -2.41. The Morgan fingerprint density at radius 3 is 2.66 bits per heavy atom. The minimum atomic E-state index is -4.81. The van der Waals surface area contributed by atoms with E-state index in [1.807, 2.05) is 25.1 Å². The molecule has 16 heteroatoms. The summed E-state index contributed by atoms with van der Waals surface area (Å²) in [6.07, 6.45) is -2.12. The van der Waals surface area contributed by atoms with Crippen LogP contribution in [0.2, 0.25) is 0 Å². The van der Waals surface area contributed by atoms with Gasteiger partial charge in [-0.05, 0) is 42.8 Å². The molecule has 1 N–H and O–H groups in total. The normalized spacial score (nSPS) is 15.5. The molecular formula is C28H24F4N10O2. The summed E-state index contributed by atoms with van der Waals surface area (Å²) in [4.78, 5) is 30.9. The SMILES string of the molecule is C=C(F)C(=O)N1CCN(c2ncc3ncnc(Nc4ccc(Oc5ccc6c(c5)nnn6C)c(C)c4)c3n2)C[C@@H]1C(F)(F)F. The third kappa shape index (κ3) is 5.52. The number of ether oxygens (including phenoxy) is 1. The zero-order chi connectivity index (χ0) is 31.2. The van der Waals surface area contributed by atoms with E-state index >= 15 is 0 Å². The highest BCUT2D eigenvalue weighted by molar-refractivity contribution is 5.91. The molecule has 0 radical (unpaired) electrons. The van der Waals surface area contributed by atoms with Crippen molar-refractivity contribution in [3.05, 3.63) is 66.9 Å². The quantitative estimate of drug-likeness (QED) is 0.216. The second-order valence-corrected chi connectivity index (χ2v) is 10.1. The molecule has 1 amide bonds. The predicted octanol–water partition coefficient (Wildman–Crippen LogP) is 4.61. The highest BCUT2D eigenvalue weighted by atomic mass is 19.4. The number of nitrogens with one attached hydrogen (secondary N) is 1. The van der Waals surface area contributed by atoms with Crippen molar-refractivity contribution in [3.63, 3.8) is 0 Å². The third-order valence-corrected chi connectivity index (χ3v) is 7.15. The number of halogens is 4. The Labute approximate surface area is 247 Å². The average Bonchev–Trinajstić information content (AvgIpc) is 3.37. The number of carbonyl (C=O) groups is 1. The van der Waals surface area contributed by atoms with E-state index in [9.17, 15) is 22.4 Å². The van der Waals surface area contributed by atoms with Crippen molar-refractivity contribution in [2.75, 3.05) is 29.9 Å². The number of nitrogens with zero attached hydrogens (tertiary/aromatic N) is 9. The highest BCUT2D eigenvalue weighted by Gasteiger charge is 2.49. The Balaban J connectivity index is 1.23. The minimum absolute atomic E-state index is 0.0178. The summed E-state index contributed by atoms with van der Waals surface area (Å²) in [6.45, 7) is 3.58. The van der Waals surface area contributed by atoms with E-state index in [1.165, 1.54) is 17.4 Å². The molecule has 0 spiro atoms. The van der Waals surface area contributed by atoms with Gasteiger partial charge in [-0.1, -0.05) is 11.8 Å². The van der Waals surface area contributed by atoms with Crippen molar-refractivity contribution >= 4 is 45.4 Å². The first kappa shape index (κ1) is 28.7. The van der Waals surface area contributed by atoms with Gasteiger partial charge in [-0.2, -0.15) is 13.2 Å². The number of aromatic nitrogens is 7. The fourth-order valence-electron chi connectivity index (χ4n) is 4.92. The molecule has 3 aromatic heterocycles. The van der Waals surface area contributed by atoms with Gasteiger partial charge in [0.2, 0.25) is 5.95 Å². The highest BCUT2D eigenvalue weighted by Crippen LogP contribution is 2.33. The largest absolute Gasteiger partial charge is 0.457 e. The van der Waals surface area contributed by atoms with E-state index in [0.29, 0.717) is 38.9 Å². The summed E-state index contributed by atoms with van der Waals surface area (Å²) in [6, 6.07) is 8.63. The third-order valence-electron chi connectivity index (χ3n) is 7.15. The Morgan fingerprint density at radius 1 is 1.09 bits per heavy atom. The van der Waals surface area contributed by atoms with Crippen LogP contribution < -0.4 is 15.0 Å². The zero-order valence-electron chi connectivity index (χ0n) is 23.4. The van der Waals surface area contributed by atoms with Gasteiger partial charge in [0.15, 0.2) is 11.6 Å². The zero-order valence-corrected chi connectivity index (χ0v) is 23.4. The Bertz CT molecular complexity index is 1910. The molecule has 1 aliphatic heterocycles. The van der Waals surface area contributed by atoms with Crippen molar-refractivity contribution in [1.29, 1.82) is 0 Å². The average molecular weight is 609 g/mol. The van der Waals surface area contributed by atoms with Gasteiger partial charge in [-0.25, -0.2) is 29.0 Å². The van der Waals surface area contributed by atoms with Crippen LogP contribution in [-0.4, -0.2) is 77.6 Å². The van der Waals surface area contributed by atoms with Gasteiger partial charge in [0, 0.05) is 31.9 Å². The molecule has 1 aliphatic rings. The summed E-state index contributed by atoms with van der Waals surface area (Å²) in [7, 11) is 1.81. The van der Waals surface area contributed by atoms with Gasteiger partial charge in [-0.3, -0.25) is 4.79 Å². The predicted molar refractivity (Wildman–Crippen MR) is 152 cm³/mol. The summed E-state index contributed by atoms with van der Waals surface area (Å²) in [5.74, 6) is -1.36. The molecule has 12 nitrogen and oxygen atoms in total. The fraction of sp³-hybridized carbons (Fsp3) is 0.250. The van der Waals surface area contributed by atoms with Crippen LogP contribution in [0.3, 0.4) is 0 Å². The summed E-state index contributed by atoms with van der Waals surface area (Å²) >= 11 is 0. The van der Waals surface area contributed by atoms with Crippen molar-refractivity contribution in [1.82, 2.24) is 39.8 Å². The number of benzene rings is 2. The number of alkyl halides is 3. The molecule has 0 bridgehead atoms. The number of aryl methyl sites for hydroxylation is 2. The van der Waals surface area contributed by atoms with Gasteiger partial charge in [-0.15, -0.1) is 5.10 Å². The maximum absolute atomic E-state index is 13.9. The van der Waals surface area contributed by atoms with E-state index in [-0.39, 0.29) is 18.0 Å². The second-order valence-electron chi connectivity index (χ2n) is 10.1. The van der Waals surface area contributed by atoms with Gasteiger partial charge in [0.25, 0.3) is 5.91 Å². The summed E-state index contributed by atoms with van der Waals surface area (Å²) in [5.41, 5.74) is 3.66. The maximum atomic E-state index is 13.9. The molecule has 0 aliphatic carbocycles. The molecule has 226 valence electrons. The molecule has 44 heavy (non-hydrogen) atoms. The van der Waals surface area contributed by atoms with Gasteiger partial charge >= 0.3 is 6.18 Å². The number of anilines is 3. The molecule has 1 saturated heterocycles. The summed E-state index contributed by atoms with van der Waals surface area (Å²) in [5, 5.41) is 11.3. The van der Waals surface area contributed by atoms with Crippen LogP contribution in [0.4, 0.5) is 35.0 Å². The van der Waals surface area contributed by atoms with Gasteiger partial charge in [0.05, 0.1) is 18.3 Å². The minimum Gasteiger partial charge on any atom is -0.457 e. The standard InChI is InChI=1S/C28H24F4N10O2/c1-15-10-17(4-7-22(15)44-18-5-6-21-19(11-18)38-39-40(21)3)36-25-24-20(34-14-35-25)12-33-27(37-24)41-8-9-42(26(43)16(2)29)23(13-41)28(30,31)32/h4-7,10-12,14,23H,2,8-9,13H2,1,3H3,(H,34,35,36)/t23-/m1/s1. The van der Waals surface area contributed by atoms with Crippen LogP contribution in [0.15, 0.2) is 61.3 Å². The van der Waals surface area contributed by atoms with Crippen molar-refractivity contribution in [3.8, 4) is 11.5 Å². The van der Waals surface area contributed by atoms with E-state index in [4.69, 9.17) is 4.74 Å². The van der Waals surface area contributed by atoms with Gasteiger partial charge in [0.1, 0.15) is 40.4 Å². The van der Waals surface area contributed by atoms with Gasteiger partial charge < -0.3 is 19.9 Å². The molecule has 1 fully saturated rings. The maximum Gasteiger partial charge on any atom is 0.410 e. The van der Waals surface area contributed by atoms with Crippen LogP contribution in [0.5, 0.6) is 11.5 Å². The van der Waals surface area contributed by atoms with E-state index < -0.39 is 37.0 Å². The molecular weight excluding hydrogens is 584 g/mol. The van der Waals surface area contributed by atoms with Crippen molar-refractivity contribution in [2.45, 2.75) is 19.1 Å². The smallest absolute Gasteiger partial charge is 0.410 e. The van der Waals surface area contributed by atoms with Crippen LogP contribution in [0, 0.1) is 6.92 Å². The number of amides is 1. The number of carbonyl (C=O) groups excluding carboxylic acids is 1. The first-order valence-electron chi connectivity index (χ1n) is 13.3. The molecule has 0 unspecified atom stereocenters. The molecule has 4 heterocycles. The number of hydrogen-bond acceptors (Lipinski definition) is 10. The summed E-state index contributed by atoms with van der Waals surface area (Å²) < 4.78 is 62.7. The number of fused-ring (bicyclic) bond motifs is 2. The molecule has 5 aromatic rings. The van der Waals surface area contributed by atoms with E-state index in [0.717, 1.165) is 11.1 Å². The van der Waals surface area contributed by atoms with Crippen LogP contribution in [-0.2, 0) is 11.8 Å². The van der Waals surface area contributed by atoms with E-state index in [2.05, 4.69) is 42.1 Å². The number of rotatable bonds is 6. The first-order valence-corrected chi connectivity index (χ1v) is 13.3. The lowest BCUT2D eigenvalue weighted by molar-refractivity contribution is -0.189. The van der Waals surface area contributed by atoms with Crippen molar-refractivity contribution < 1.29 is 27.1 Å². The van der Waals surface area contributed by atoms with Crippen LogP contribution in [0.1, 0.15) is 5.56 Å². The van der Waals surface area contributed by atoms with Crippen LogP contribution in [0.25, 0.3) is 22.1 Å². The fourth-order valence-corrected chi connectivity index (χ4v) is 4.92. The molecule has 1 atom stereocenters. The number of hydrogen-bond donors (Lipinski definition) is 1. The first-order chi connectivity index (χ1) is 21.0. The monoisotopic (exact) mass is 608 g/mol. The topological polar surface area (TPSA) is 127 Å². The van der Waals surface area contributed by atoms with E-state index in [1.54, 1.807) is 29.9 Å². The van der Waals surface area contributed by atoms with Crippen molar-refractivity contribution in [2.24, 2.45) is 7.05 Å². The lowest BCUT2D eigenvalue weighted by atomic mass is 10.1. The Kier molecular flexibility index (Phi) is 7.18. The Hall–Kier alpha value is -5.41. The molecule has 6 rings (SSSR count). The second kappa shape index (κ2) is 11.0.